The molecule has 162 valence electrons. The molecule has 0 unspecified atom stereocenters. The number of fused-ring (bicyclic) bond motifs is 1. The van der Waals surface area contributed by atoms with E-state index in [2.05, 4.69) is 16.3 Å². The number of aliphatic hydroxyl groups is 1. The zero-order chi connectivity index (χ0) is 20.9. The minimum absolute atomic E-state index is 0.0634. The van der Waals surface area contributed by atoms with E-state index in [-0.39, 0.29) is 18.1 Å². The van der Waals surface area contributed by atoms with Crippen LogP contribution in [0.5, 0.6) is 5.75 Å². The van der Waals surface area contributed by atoms with E-state index in [4.69, 9.17) is 4.74 Å². The summed E-state index contributed by atoms with van der Waals surface area (Å²) in [5, 5.41) is 12.3. The lowest BCUT2D eigenvalue weighted by atomic mass is 10.0. The number of benzene rings is 1. The Bertz CT molecular complexity index is 821. The molecule has 0 bridgehead atoms. The third kappa shape index (κ3) is 5.42. The van der Waals surface area contributed by atoms with Crippen LogP contribution in [0, 0.1) is 5.92 Å². The molecule has 1 aliphatic carbocycles. The van der Waals surface area contributed by atoms with E-state index in [1.165, 1.54) is 23.3 Å². The zero-order valence-corrected chi connectivity index (χ0v) is 18.5. The van der Waals surface area contributed by atoms with Crippen LogP contribution in [0.3, 0.4) is 0 Å². The van der Waals surface area contributed by atoms with E-state index in [0.29, 0.717) is 32.0 Å². The lowest BCUT2D eigenvalue weighted by Gasteiger charge is -2.37. The summed E-state index contributed by atoms with van der Waals surface area (Å²) < 4.78 is 6.07. The van der Waals surface area contributed by atoms with E-state index in [0.717, 1.165) is 25.3 Å². The smallest absolute Gasteiger partial charge is 0.237 e. The first-order valence-corrected chi connectivity index (χ1v) is 12.0. The summed E-state index contributed by atoms with van der Waals surface area (Å²) in [5.74, 6) is 1.65. The summed E-state index contributed by atoms with van der Waals surface area (Å²) in [6.07, 6.45) is 3.72. The van der Waals surface area contributed by atoms with Gasteiger partial charge in [0, 0.05) is 24.5 Å². The lowest BCUT2D eigenvalue weighted by molar-refractivity contribution is -0.136. The van der Waals surface area contributed by atoms with Crippen LogP contribution < -0.4 is 4.74 Å². The van der Waals surface area contributed by atoms with Crippen LogP contribution in [0.1, 0.15) is 42.7 Å². The Hall–Kier alpha value is -1.89. The maximum absolute atomic E-state index is 13.4. The van der Waals surface area contributed by atoms with Crippen molar-refractivity contribution in [2.75, 3.05) is 32.8 Å². The van der Waals surface area contributed by atoms with Crippen LogP contribution in [0.25, 0.3) is 0 Å². The van der Waals surface area contributed by atoms with Crippen LogP contribution >= 0.6 is 11.3 Å². The Labute approximate surface area is 183 Å². The second-order valence-electron chi connectivity index (χ2n) is 8.48. The third-order valence-electron chi connectivity index (χ3n) is 6.08. The number of nitrogens with zero attached hydrogens (tertiary/aromatic N) is 2. The predicted octanol–water partition coefficient (Wildman–Crippen LogP) is 3.74. The fourth-order valence-electron chi connectivity index (χ4n) is 4.14. The number of hydrogen-bond donors (Lipinski definition) is 1. The van der Waals surface area contributed by atoms with Gasteiger partial charge in [0.2, 0.25) is 5.91 Å². The Kier molecular flexibility index (Phi) is 7.08. The number of para-hydroxylation sites is 1. The topological polar surface area (TPSA) is 53.0 Å². The van der Waals surface area contributed by atoms with Gasteiger partial charge in [-0.25, -0.2) is 0 Å². The molecule has 1 aromatic carbocycles. The van der Waals surface area contributed by atoms with Crippen molar-refractivity contribution in [3.63, 3.8) is 0 Å². The SMILES string of the molecule is CC[C@H](O)CN(CC(=O)N1CCc2sccc2[C@@H]1COc1ccccc1)CC1CC1. The number of amides is 1. The molecule has 4 rings (SSSR count). The van der Waals surface area contributed by atoms with Crippen LogP contribution in [0.4, 0.5) is 0 Å². The molecule has 0 saturated heterocycles. The Morgan fingerprint density at radius 2 is 2.10 bits per heavy atom. The molecule has 5 nitrogen and oxygen atoms in total. The highest BCUT2D eigenvalue weighted by Crippen LogP contribution is 2.34. The second-order valence-corrected chi connectivity index (χ2v) is 9.48. The molecule has 2 aliphatic rings. The Morgan fingerprint density at radius 1 is 1.30 bits per heavy atom. The number of ether oxygens (including phenoxy) is 1. The first-order chi connectivity index (χ1) is 14.6. The fraction of sp³-hybridized carbons (Fsp3) is 0.542. The van der Waals surface area contributed by atoms with E-state index < -0.39 is 0 Å². The number of carbonyl (C=O) groups excluding carboxylic acids is 1. The first-order valence-electron chi connectivity index (χ1n) is 11.1. The molecule has 30 heavy (non-hydrogen) atoms. The maximum Gasteiger partial charge on any atom is 0.237 e. The van der Waals surface area contributed by atoms with Crippen molar-refractivity contribution in [3.05, 3.63) is 52.2 Å². The van der Waals surface area contributed by atoms with Crippen molar-refractivity contribution >= 4 is 17.2 Å². The van der Waals surface area contributed by atoms with Crippen LogP contribution in [-0.4, -0.2) is 59.7 Å². The largest absolute Gasteiger partial charge is 0.491 e. The highest BCUT2D eigenvalue weighted by molar-refractivity contribution is 7.10. The van der Waals surface area contributed by atoms with Crippen molar-refractivity contribution in [1.29, 1.82) is 0 Å². The van der Waals surface area contributed by atoms with E-state index in [1.807, 2.05) is 42.2 Å². The normalized spacial score (nSPS) is 19.6. The van der Waals surface area contributed by atoms with Gasteiger partial charge in [-0.05, 0) is 60.7 Å². The molecule has 6 heteroatoms. The molecule has 1 saturated carbocycles. The molecule has 1 amide bonds. The van der Waals surface area contributed by atoms with Gasteiger partial charge in [-0.15, -0.1) is 11.3 Å². The van der Waals surface area contributed by atoms with Crippen molar-refractivity contribution in [1.82, 2.24) is 9.80 Å². The number of aliphatic hydroxyl groups excluding tert-OH is 1. The summed E-state index contributed by atoms with van der Waals surface area (Å²) in [6.45, 7) is 5.02. The van der Waals surface area contributed by atoms with Crippen molar-refractivity contribution in [3.8, 4) is 5.75 Å². The maximum atomic E-state index is 13.4. The average molecular weight is 429 g/mol. The molecule has 2 aromatic rings. The molecule has 0 radical (unpaired) electrons. The predicted molar refractivity (Wildman–Crippen MR) is 120 cm³/mol. The summed E-state index contributed by atoms with van der Waals surface area (Å²) in [4.78, 5) is 18.9. The first kappa shape index (κ1) is 21.3. The van der Waals surface area contributed by atoms with Gasteiger partial charge in [-0.2, -0.15) is 0 Å². The van der Waals surface area contributed by atoms with Crippen molar-refractivity contribution in [2.45, 2.75) is 44.8 Å². The second kappa shape index (κ2) is 9.94. The number of rotatable bonds is 10. The molecular weight excluding hydrogens is 396 g/mol. The quantitative estimate of drug-likeness (QED) is 0.626. The van der Waals surface area contributed by atoms with Crippen LogP contribution in [-0.2, 0) is 11.2 Å². The van der Waals surface area contributed by atoms with Crippen LogP contribution in [0.15, 0.2) is 41.8 Å². The highest BCUT2D eigenvalue weighted by Gasteiger charge is 2.34. The van der Waals surface area contributed by atoms with Gasteiger partial charge in [-0.1, -0.05) is 25.1 Å². The standard InChI is InChI=1S/C24H32N2O3S/c1-2-19(27)15-25(14-18-8-9-18)16-24(28)26-12-10-23-21(11-13-30-23)22(26)17-29-20-6-4-3-5-7-20/h3-7,11,13,18-19,22,27H,2,8-10,12,14-17H2,1H3/t19-,22-/m0/s1. The van der Waals surface area contributed by atoms with E-state index in [9.17, 15) is 9.90 Å². The van der Waals surface area contributed by atoms with Gasteiger partial charge in [0.15, 0.2) is 0 Å². The summed E-state index contributed by atoms with van der Waals surface area (Å²) in [7, 11) is 0. The Balaban J connectivity index is 1.46. The minimum atomic E-state index is -0.376. The molecule has 2 atom stereocenters. The highest BCUT2D eigenvalue weighted by atomic mass is 32.1. The molecule has 1 aromatic heterocycles. The van der Waals surface area contributed by atoms with Crippen molar-refractivity contribution in [2.24, 2.45) is 5.92 Å². The van der Waals surface area contributed by atoms with Crippen molar-refractivity contribution < 1.29 is 14.6 Å². The minimum Gasteiger partial charge on any atom is -0.491 e. The Morgan fingerprint density at radius 3 is 2.83 bits per heavy atom. The van der Waals surface area contributed by atoms with Gasteiger partial charge in [0.1, 0.15) is 12.4 Å². The lowest BCUT2D eigenvalue weighted by Crippen LogP contribution is -2.48. The van der Waals surface area contributed by atoms with Gasteiger partial charge >= 0.3 is 0 Å². The molecule has 1 N–H and O–H groups in total. The van der Waals surface area contributed by atoms with Gasteiger partial charge in [0.25, 0.3) is 0 Å². The number of hydrogen-bond acceptors (Lipinski definition) is 5. The zero-order valence-electron chi connectivity index (χ0n) is 17.7. The molecule has 1 fully saturated rings. The average Bonchev–Trinajstić information content (AvgIpc) is 3.44. The monoisotopic (exact) mass is 428 g/mol. The fourth-order valence-corrected chi connectivity index (χ4v) is 5.07. The number of carbonyl (C=O) groups is 1. The van der Waals surface area contributed by atoms with Gasteiger partial charge in [0.05, 0.1) is 18.7 Å². The molecular formula is C24H32N2O3S. The third-order valence-corrected chi connectivity index (χ3v) is 7.08. The van der Waals surface area contributed by atoms with Gasteiger partial charge in [-0.3, -0.25) is 9.69 Å². The molecule has 2 heterocycles. The number of thiophene rings is 1. The van der Waals surface area contributed by atoms with E-state index >= 15 is 0 Å². The van der Waals surface area contributed by atoms with Crippen LogP contribution in [0.2, 0.25) is 0 Å². The molecule has 1 aliphatic heterocycles. The summed E-state index contributed by atoms with van der Waals surface area (Å²) in [5.41, 5.74) is 1.22. The molecule has 0 spiro atoms. The summed E-state index contributed by atoms with van der Waals surface area (Å²) in [6, 6.07) is 11.9. The van der Waals surface area contributed by atoms with Gasteiger partial charge < -0.3 is 14.7 Å². The van der Waals surface area contributed by atoms with E-state index in [1.54, 1.807) is 11.3 Å². The summed E-state index contributed by atoms with van der Waals surface area (Å²) >= 11 is 1.77.